The SMILES string of the molecule is COC(=O)N1CCCC1c1cc2c(SC)nc3c(F)c(Br)c(CCC#N)cc3c2n1[C@H]1[C@@H]2C[C@H]1N(C(=O)O)C2. The number of benzene rings is 1. The van der Waals surface area contributed by atoms with Gasteiger partial charge in [0, 0.05) is 41.9 Å². The maximum absolute atomic E-state index is 15.8. The van der Waals surface area contributed by atoms with E-state index in [1.165, 1.54) is 23.8 Å². The molecule has 1 aliphatic carbocycles. The Balaban J connectivity index is 1.67. The van der Waals surface area contributed by atoms with E-state index >= 15 is 4.39 Å². The molecule has 3 saturated heterocycles. The highest BCUT2D eigenvalue weighted by Crippen LogP contribution is 2.54. The van der Waals surface area contributed by atoms with Gasteiger partial charge in [0.1, 0.15) is 10.5 Å². The summed E-state index contributed by atoms with van der Waals surface area (Å²) in [6, 6.07) is 5.50. The summed E-state index contributed by atoms with van der Waals surface area (Å²) in [7, 11) is 1.37. The van der Waals surface area contributed by atoms with Gasteiger partial charge in [0.25, 0.3) is 0 Å². The molecule has 4 atom stereocenters. The van der Waals surface area contributed by atoms with E-state index < -0.39 is 18.0 Å². The number of pyridine rings is 1. The average Bonchev–Trinajstić information content (AvgIpc) is 3.71. The molecule has 1 aromatic carbocycles. The lowest BCUT2D eigenvalue weighted by molar-refractivity contribution is 0.112. The zero-order valence-corrected chi connectivity index (χ0v) is 23.9. The summed E-state index contributed by atoms with van der Waals surface area (Å²) >= 11 is 4.81. The summed E-state index contributed by atoms with van der Waals surface area (Å²) in [4.78, 5) is 32.7. The van der Waals surface area contributed by atoms with E-state index in [2.05, 4.69) is 32.6 Å². The number of methoxy groups -OCH3 is 1. The molecule has 4 aliphatic rings. The minimum absolute atomic E-state index is 0.118. The molecule has 1 N–H and O–H groups in total. The fourth-order valence-corrected chi connectivity index (χ4v) is 7.87. The highest BCUT2D eigenvalue weighted by molar-refractivity contribution is 9.10. The fraction of sp³-hybridized carbons (Fsp3) is 0.481. The normalized spacial score (nSPS) is 23.9. The Morgan fingerprint density at radius 3 is 2.79 bits per heavy atom. The predicted molar refractivity (Wildman–Crippen MR) is 147 cm³/mol. The van der Waals surface area contributed by atoms with Gasteiger partial charge in [-0.1, -0.05) is 0 Å². The minimum atomic E-state index is -0.940. The first-order valence-electron chi connectivity index (χ1n) is 12.9. The van der Waals surface area contributed by atoms with Crippen molar-refractivity contribution >= 4 is 61.7 Å². The molecule has 39 heavy (non-hydrogen) atoms. The van der Waals surface area contributed by atoms with E-state index in [0.29, 0.717) is 40.0 Å². The third-order valence-corrected chi connectivity index (χ3v) is 10.1. The molecule has 0 radical (unpaired) electrons. The van der Waals surface area contributed by atoms with Crippen LogP contribution < -0.4 is 0 Å². The van der Waals surface area contributed by atoms with Gasteiger partial charge in [-0.3, -0.25) is 4.90 Å². The minimum Gasteiger partial charge on any atom is -0.465 e. The molecule has 204 valence electrons. The van der Waals surface area contributed by atoms with Gasteiger partial charge in [-0.15, -0.1) is 11.8 Å². The van der Waals surface area contributed by atoms with Crippen molar-refractivity contribution in [2.24, 2.45) is 5.92 Å². The number of amides is 2. The first-order chi connectivity index (χ1) is 18.8. The molecule has 3 aromatic rings. The molecule has 2 bridgehead atoms. The molecule has 7 rings (SSSR count). The Hall–Kier alpha value is -3.04. The molecule has 1 unspecified atom stereocenters. The number of aromatic nitrogens is 2. The maximum atomic E-state index is 15.8. The summed E-state index contributed by atoms with van der Waals surface area (Å²) in [6.45, 7) is 1.01. The number of carboxylic acid groups (broad SMARTS) is 1. The smallest absolute Gasteiger partial charge is 0.410 e. The Labute approximate surface area is 237 Å². The molecule has 0 spiro atoms. The van der Waals surface area contributed by atoms with E-state index in [1.54, 1.807) is 4.90 Å². The van der Waals surface area contributed by atoms with Crippen LogP contribution in [0.25, 0.3) is 21.8 Å². The molecule has 2 amide bonds. The zero-order chi connectivity index (χ0) is 27.6. The lowest BCUT2D eigenvalue weighted by Crippen LogP contribution is -2.43. The van der Waals surface area contributed by atoms with Crippen molar-refractivity contribution in [2.75, 3.05) is 26.5 Å². The van der Waals surface area contributed by atoms with Crippen LogP contribution in [0.4, 0.5) is 14.0 Å². The van der Waals surface area contributed by atoms with Crippen LogP contribution in [0.3, 0.4) is 0 Å². The number of halogens is 2. The van der Waals surface area contributed by atoms with Crippen molar-refractivity contribution in [3.8, 4) is 6.07 Å². The molecule has 1 saturated carbocycles. The van der Waals surface area contributed by atoms with E-state index in [4.69, 9.17) is 9.72 Å². The summed E-state index contributed by atoms with van der Waals surface area (Å²) in [5.74, 6) is -0.361. The first-order valence-corrected chi connectivity index (χ1v) is 14.9. The summed E-state index contributed by atoms with van der Waals surface area (Å²) < 4.78 is 23.4. The molecule has 5 heterocycles. The standard InChI is InChI=1S/C27H27BrFN5O4S/c1-38-27(37)32-8-4-6-17(32)18-11-16-24(34(18)23-14-10-19(23)33(12-14)26(35)36)15-9-13(5-3-7-30)20(28)21(29)22(15)31-25(16)39-2/h9,11,14,17,19,23H,3-6,8,10,12H2,1-2H3,(H,35,36)/t14-,17?,19-,23+/m1/s1. The number of ether oxygens (including phenoxy) is 1. The second-order valence-electron chi connectivity index (χ2n) is 10.4. The van der Waals surface area contributed by atoms with Crippen molar-refractivity contribution in [3.05, 3.63) is 33.7 Å². The van der Waals surface area contributed by atoms with Crippen molar-refractivity contribution in [2.45, 2.75) is 55.3 Å². The number of fused-ring (bicyclic) bond motifs is 4. The monoisotopic (exact) mass is 615 g/mol. The van der Waals surface area contributed by atoms with Crippen LogP contribution in [0, 0.1) is 23.1 Å². The molecular weight excluding hydrogens is 589 g/mol. The molecule has 3 aliphatic heterocycles. The number of rotatable bonds is 5. The Kier molecular flexibility index (Phi) is 6.62. The predicted octanol–water partition coefficient (Wildman–Crippen LogP) is 6.10. The van der Waals surface area contributed by atoms with Crippen molar-refractivity contribution in [3.63, 3.8) is 0 Å². The number of thioether (sulfide) groups is 1. The Morgan fingerprint density at radius 1 is 1.33 bits per heavy atom. The number of nitrogens with zero attached hydrogens (tertiary/aromatic N) is 5. The summed E-state index contributed by atoms with van der Waals surface area (Å²) in [6.07, 6.45) is 3.50. The van der Waals surface area contributed by atoms with Gasteiger partial charge in [-0.2, -0.15) is 5.26 Å². The Bertz CT molecular complexity index is 1570. The summed E-state index contributed by atoms with van der Waals surface area (Å²) in [5, 5.41) is 21.2. The molecule has 12 heteroatoms. The van der Waals surface area contributed by atoms with E-state index in [-0.39, 0.29) is 36.0 Å². The van der Waals surface area contributed by atoms with E-state index in [1.807, 2.05) is 12.3 Å². The second-order valence-corrected chi connectivity index (χ2v) is 11.9. The van der Waals surface area contributed by atoms with Crippen LogP contribution in [-0.4, -0.2) is 69.1 Å². The molecular formula is C27H27BrFN5O4S. The van der Waals surface area contributed by atoms with Gasteiger partial charge in [0.15, 0.2) is 5.82 Å². The Morgan fingerprint density at radius 2 is 2.13 bits per heavy atom. The lowest BCUT2D eigenvalue weighted by Gasteiger charge is -2.40. The van der Waals surface area contributed by atoms with Crippen LogP contribution in [0.1, 0.15) is 49.0 Å². The third kappa shape index (κ3) is 3.88. The van der Waals surface area contributed by atoms with Crippen molar-refractivity contribution in [1.82, 2.24) is 19.4 Å². The number of nitriles is 1. The number of aryl methyl sites for hydroxylation is 1. The largest absolute Gasteiger partial charge is 0.465 e. The third-order valence-electron chi connectivity index (χ3n) is 8.52. The van der Waals surface area contributed by atoms with Gasteiger partial charge in [-0.25, -0.2) is 19.0 Å². The van der Waals surface area contributed by atoms with Gasteiger partial charge in [0.2, 0.25) is 0 Å². The van der Waals surface area contributed by atoms with E-state index in [9.17, 15) is 20.0 Å². The molecule has 9 nitrogen and oxygen atoms in total. The first kappa shape index (κ1) is 26.2. The summed E-state index contributed by atoms with van der Waals surface area (Å²) in [5.41, 5.74) is 2.60. The van der Waals surface area contributed by atoms with E-state index in [0.717, 1.165) is 35.9 Å². The number of likely N-dealkylation sites (tertiary alicyclic amines) is 1. The van der Waals surface area contributed by atoms with Crippen LogP contribution in [0.2, 0.25) is 0 Å². The number of hydrogen-bond donors (Lipinski definition) is 1. The van der Waals surface area contributed by atoms with Crippen molar-refractivity contribution in [1.29, 1.82) is 5.26 Å². The average molecular weight is 617 g/mol. The quantitative estimate of drug-likeness (QED) is 0.345. The van der Waals surface area contributed by atoms with Crippen molar-refractivity contribution < 1.29 is 23.8 Å². The zero-order valence-electron chi connectivity index (χ0n) is 21.5. The van der Waals surface area contributed by atoms with Crippen LogP contribution in [0.5, 0.6) is 0 Å². The molecule has 2 aromatic heterocycles. The maximum Gasteiger partial charge on any atom is 0.410 e. The lowest BCUT2D eigenvalue weighted by atomic mass is 9.79. The number of hydrogen-bond acceptors (Lipinski definition) is 6. The number of carbonyl (C=O) groups excluding carboxylic acids is 1. The highest BCUT2D eigenvalue weighted by Gasteiger charge is 2.56. The van der Waals surface area contributed by atoms with Crippen LogP contribution >= 0.6 is 27.7 Å². The topological polar surface area (TPSA) is 112 Å². The fourth-order valence-electron chi connectivity index (χ4n) is 6.81. The van der Waals surface area contributed by atoms with Gasteiger partial charge in [0.05, 0.1) is 41.3 Å². The number of carbonyl (C=O) groups is 2. The van der Waals surface area contributed by atoms with Gasteiger partial charge in [-0.05, 0) is 65.6 Å². The van der Waals surface area contributed by atoms with Crippen LogP contribution in [0.15, 0.2) is 21.6 Å². The highest BCUT2D eigenvalue weighted by atomic mass is 79.9. The van der Waals surface area contributed by atoms with Crippen LogP contribution in [-0.2, 0) is 11.2 Å². The van der Waals surface area contributed by atoms with Gasteiger partial charge < -0.3 is 19.3 Å². The second kappa shape index (κ2) is 9.86. The van der Waals surface area contributed by atoms with Gasteiger partial charge >= 0.3 is 12.2 Å². The molecule has 4 fully saturated rings.